The van der Waals surface area contributed by atoms with Gasteiger partial charge in [0.1, 0.15) is 22.8 Å². The van der Waals surface area contributed by atoms with Gasteiger partial charge in [-0.05, 0) is 63.4 Å². The average Bonchev–Trinajstić information content (AvgIpc) is 3.77. The predicted molar refractivity (Wildman–Crippen MR) is 137 cm³/mol. The third-order valence-electron chi connectivity index (χ3n) is 9.12. The molecule has 12 heteroatoms. The number of ketones is 2. The number of nitrogens with zero attached hydrogens (tertiary/aromatic N) is 2. The van der Waals surface area contributed by atoms with E-state index in [1.807, 2.05) is 0 Å². The maximum absolute atomic E-state index is 13.9. The van der Waals surface area contributed by atoms with E-state index in [9.17, 15) is 39.6 Å². The number of phenols is 1. The minimum atomic E-state index is -2.43. The summed E-state index contributed by atoms with van der Waals surface area (Å²) in [6.45, 7) is 1.24. The number of hydrogen-bond donors (Lipinski definition) is 5. The number of aromatic hydroxyl groups is 1. The highest BCUT2D eigenvalue weighted by Crippen LogP contribution is 2.68. The number of rotatable bonds is 6. The largest absolute Gasteiger partial charge is 0.510 e. The number of allylic oxidation sites excluding steroid dienone is 1. The standard InChI is InChI=1S/C28H31N3O9/c1-11(32)31(13-4-5-13)10-18(34)14-6-7-17(33)20-15(14)8-12-9-16-22(30(2)3)24(36)21(26(29)38)28(39)27(16,40-28)25(37)19(12)23(20)35/h6-7,12-13,16,22,33,36-37,39H,4-5,8-10H2,1-3H3,(H2,29,38)/t12-,16-,22-,27-,28?/m0/s1. The quantitative estimate of drug-likeness (QED) is 0.244. The van der Waals surface area contributed by atoms with Gasteiger partial charge in [-0.15, -0.1) is 0 Å². The van der Waals surface area contributed by atoms with Crippen molar-refractivity contribution in [3.05, 3.63) is 51.5 Å². The maximum atomic E-state index is 13.9. The van der Waals surface area contributed by atoms with Gasteiger partial charge in [-0.1, -0.05) is 0 Å². The summed E-state index contributed by atoms with van der Waals surface area (Å²) in [5, 5.41) is 44.6. The summed E-state index contributed by atoms with van der Waals surface area (Å²) in [6.07, 6.45) is 1.87. The molecular formula is C28H31N3O9. The van der Waals surface area contributed by atoms with E-state index in [4.69, 9.17) is 10.5 Å². The number of benzene rings is 1. The van der Waals surface area contributed by atoms with Crippen molar-refractivity contribution in [1.82, 2.24) is 9.80 Å². The van der Waals surface area contributed by atoms with Gasteiger partial charge >= 0.3 is 0 Å². The number of hydrogen-bond acceptors (Lipinski definition) is 10. The predicted octanol–water partition coefficient (Wildman–Crippen LogP) is 0.472. The summed E-state index contributed by atoms with van der Waals surface area (Å²) >= 11 is 0. The summed E-state index contributed by atoms with van der Waals surface area (Å²) in [7, 11) is 3.29. The lowest BCUT2D eigenvalue weighted by Crippen LogP contribution is -2.57. The van der Waals surface area contributed by atoms with E-state index in [1.165, 1.54) is 24.0 Å². The minimum absolute atomic E-state index is 0.00891. The van der Waals surface area contributed by atoms with E-state index in [0.717, 1.165) is 12.8 Å². The molecule has 2 amide bonds. The number of aliphatic hydroxyl groups is 3. The van der Waals surface area contributed by atoms with Crippen LogP contribution in [-0.2, 0) is 20.7 Å². The molecule has 0 radical (unpaired) electrons. The Balaban J connectivity index is 1.45. The second kappa shape index (κ2) is 8.38. The summed E-state index contributed by atoms with van der Waals surface area (Å²) in [6, 6.07) is 1.79. The van der Waals surface area contributed by atoms with Crippen molar-refractivity contribution in [3.63, 3.8) is 0 Å². The molecular weight excluding hydrogens is 522 g/mol. The van der Waals surface area contributed by atoms with Crippen LogP contribution in [0.2, 0.25) is 0 Å². The van der Waals surface area contributed by atoms with Crippen LogP contribution in [0.15, 0.2) is 34.8 Å². The first kappa shape index (κ1) is 26.5. The molecule has 212 valence electrons. The maximum Gasteiger partial charge on any atom is 0.253 e. The molecule has 1 saturated carbocycles. The van der Waals surface area contributed by atoms with Gasteiger partial charge in [0, 0.05) is 30.0 Å². The molecule has 12 nitrogen and oxygen atoms in total. The number of Topliss-reactive ketones (excluding diaryl/α,β-unsaturated/α-hetero) is 2. The number of ether oxygens (including phenoxy) is 1. The molecule has 1 aromatic rings. The summed E-state index contributed by atoms with van der Waals surface area (Å²) in [5.74, 6) is -7.77. The van der Waals surface area contributed by atoms with Crippen molar-refractivity contribution in [3.8, 4) is 5.75 Å². The Hall–Kier alpha value is -3.74. The molecule has 4 aliphatic carbocycles. The van der Waals surface area contributed by atoms with E-state index >= 15 is 0 Å². The average molecular weight is 554 g/mol. The molecule has 1 aromatic carbocycles. The summed E-state index contributed by atoms with van der Waals surface area (Å²) in [5.41, 5.74) is 3.28. The first-order chi connectivity index (χ1) is 18.8. The highest BCUT2D eigenvalue weighted by atomic mass is 16.8. The number of primary amides is 1. The van der Waals surface area contributed by atoms with Gasteiger partial charge in [0.2, 0.25) is 11.7 Å². The number of likely N-dealkylation sites (N-methyl/N-ethyl adjacent to an activating group) is 1. The van der Waals surface area contributed by atoms with Crippen LogP contribution < -0.4 is 5.73 Å². The highest BCUT2D eigenvalue weighted by molar-refractivity contribution is 6.16. The lowest BCUT2D eigenvalue weighted by molar-refractivity contribution is -0.129. The smallest absolute Gasteiger partial charge is 0.253 e. The molecule has 6 rings (SSSR count). The van der Waals surface area contributed by atoms with Crippen molar-refractivity contribution in [2.24, 2.45) is 17.6 Å². The topological polar surface area (TPSA) is 194 Å². The lowest BCUT2D eigenvalue weighted by Gasteiger charge is -2.45. The van der Waals surface area contributed by atoms with Crippen LogP contribution in [0.1, 0.15) is 52.5 Å². The zero-order chi connectivity index (χ0) is 29.0. The molecule has 1 saturated heterocycles. The summed E-state index contributed by atoms with van der Waals surface area (Å²) in [4.78, 5) is 54.8. The monoisotopic (exact) mass is 553 g/mol. The number of amides is 2. The molecule has 0 aromatic heterocycles. The Morgan fingerprint density at radius 2 is 1.82 bits per heavy atom. The van der Waals surface area contributed by atoms with Crippen LogP contribution in [0.3, 0.4) is 0 Å². The molecule has 2 fully saturated rings. The Kier molecular flexibility index (Phi) is 5.55. The summed E-state index contributed by atoms with van der Waals surface area (Å²) < 4.78 is 5.66. The van der Waals surface area contributed by atoms with Crippen LogP contribution in [-0.4, -0.2) is 97.7 Å². The van der Waals surface area contributed by atoms with Crippen LogP contribution in [0.5, 0.6) is 5.75 Å². The third-order valence-corrected chi connectivity index (χ3v) is 9.12. The van der Waals surface area contributed by atoms with Gasteiger partial charge in [-0.2, -0.15) is 0 Å². The van der Waals surface area contributed by atoms with Crippen LogP contribution >= 0.6 is 0 Å². The van der Waals surface area contributed by atoms with E-state index in [0.29, 0.717) is 5.56 Å². The number of fused-ring (bicyclic) bond motifs is 2. The number of nitrogens with two attached hydrogens (primary N) is 1. The Labute approximate surface area is 229 Å². The SMILES string of the molecule is CC(=O)N(CC(=O)c1ccc(O)c2c1C[C@H]1C[C@H]3[C@H](N(C)C)C(O)=C(C(N)=O)C4(O)O[C@]34C(O)=C1C2=O)C1CC1. The van der Waals surface area contributed by atoms with Gasteiger partial charge in [-0.3, -0.25) is 24.1 Å². The van der Waals surface area contributed by atoms with Crippen molar-refractivity contribution in [2.75, 3.05) is 20.6 Å². The molecule has 1 heterocycles. The number of epoxide rings is 1. The van der Waals surface area contributed by atoms with Crippen molar-refractivity contribution in [1.29, 1.82) is 0 Å². The third kappa shape index (κ3) is 3.29. The normalized spacial score (nSPS) is 32.2. The first-order valence-corrected chi connectivity index (χ1v) is 13.2. The Morgan fingerprint density at radius 3 is 2.40 bits per heavy atom. The first-order valence-electron chi connectivity index (χ1n) is 13.2. The van der Waals surface area contributed by atoms with Crippen LogP contribution in [0, 0.1) is 11.8 Å². The Morgan fingerprint density at radius 1 is 1.15 bits per heavy atom. The van der Waals surface area contributed by atoms with Crippen molar-refractivity contribution < 1.29 is 44.3 Å². The van der Waals surface area contributed by atoms with Gasteiger partial charge in [0.25, 0.3) is 5.91 Å². The highest BCUT2D eigenvalue weighted by Gasteiger charge is 2.84. The van der Waals surface area contributed by atoms with E-state index in [-0.39, 0.29) is 59.6 Å². The van der Waals surface area contributed by atoms with E-state index in [2.05, 4.69) is 0 Å². The molecule has 40 heavy (non-hydrogen) atoms. The van der Waals surface area contributed by atoms with Crippen LogP contribution in [0.25, 0.3) is 0 Å². The molecule has 6 N–H and O–H groups in total. The second-order valence-corrected chi connectivity index (χ2v) is 11.6. The number of aliphatic hydroxyl groups excluding tert-OH is 2. The van der Waals surface area contributed by atoms with Gasteiger partial charge in [0.05, 0.1) is 18.2 Å². The molecule has 5 atom stereocenters. The number of carbonyl (C=O) groups is 4. The lowest BCUT2D eigenvalue weighted by atomic mass is 9.60. The molecule has 1 spiro atoms. The van der Waals surface area contributed by atoms with E-state index < -0.39 is 58.0 Å². The number of carbonyl (C=O) groups excluding carboxylic acids is 4. The van der Waals surface area contributed by atoms with Crippen LogP contribution in [0.4, 0.5) is 0 Å². The van der Waals surface area contributed by atoms with Crippen molar-refractivity contribution in [2.45, 2.75) is 56.1 Å². The zero-order valence-corrected chi connectivity index (χ0v) is 22.3. The fraction of sp³-hybridized carbons (Fsp3) is 0.500. The molecule has 1 unspecified atom stereocenters. The molecule has 1 aliphatic heterocycles. The Bertz CT molecular complexity index is 1480. The van der Waals surface area contributed by atoms with Gasteiger partial charge < -0.3 is 35.8 Å². The second-order valence-electron chi connectivity index (χ2n) is 11.6. The van der Waals surface area contributed by atoms with E-state index in [1.54, 1.807) is 19.0 Å². The zero-order valence-electron chi connectivity index (χ0n) is 22.3. The molecule has 5 aliphatic rings. The fourth-order valence-corrected chi connectivity index (χ4v) is 7.25. The fourth-order valence-electron chi connectivity index (χ4n) is 7.25. The van der Waals surface area contributed by atoms with Gasteiger partial charge in [0.15, 0.2) is 17.2 Å². The number of phenolic OH excluding ortho intramolecular Hbond substituents is 1. The van der Waals surface area contributed by atoms with Gasteiger partial charge in [-0.25, -0.2) is 0 Å². The van der Waals surface area contributed by atoms with Crippen molar-refractivity contribution >= 4 is 23.4 Å². The molecule has 0 bridgehead atoms. The minimum Gasteiger partial charge on any atom is -0.510 e.